The number of hydrogen-bond donors (Lipinski definition) is 0. The molecule has 2 heterocycles. The summed E-state index contributed by atoms with van der Waals surface area (Å²) in [6, 6.07) is 23.3. The van der Waals surface area contributed by atoms with Crippen LogP contribution in [0.5, 0.6) is 34.5 Å². The van der Waals surface area contributed by atoms with E-state index in [2.05, 4.69) is 4.74 Å². The summed E-state index contributed by atoms with van der Waals surface area (Å²) in [5.41, 5.74) is 2.24. The quantitative estimate of drug-likeness (QED) is 0.139. The lowest BCUT2D eigenvalue weighted by atomic mass is 9.85. The van der Waals surface area contributed by atoms with Crippen molar-refractivity contribution >= 4 is 35.3 Å². The highest BCUT2D eigenvalue weighted by molar-refractivity contribution is 8.05. The number of amides is 2. The van der Waals surface area contributed by atoms with Crippen molar-refractivity contribution in [1.82, 2.24) is 9.80 Å². The van der Waals surface area contributed by atoms with Crippen LogP contribution in [0.4, 0.5) is 13.2 Å². The third kappa shape index (κ3) is 6.76. The van der Waals surface area contributed by atoms with E-state index in [1.54, 1.807) is 65.4 Å². The van der Waals surface area contributed by atoms with Crippen LogP contribution < -0.4 is 28.4 Å². The molecule has 0 radical (unpaired) electrons. The Morgan fingerprint density at radius 2 is 0.925 bits per heavy atom. The molecule has 2 atom stereocenters. The van der Waals surface area contributed by atoms with Crippen molar-refractivity contribution in [3.63, 3.8) is 0 Å². The largest absolute Gasteiger partial charge is 0.573 e. The lowest BCUT2D eigenvalue weighted by Gasteiger charge is -2.54. The summed E-state index contributed by atoms with van der Waals surface area (Å²) in [5.74, 6) is 1.25. The minimum atomic E-state index is -4.88. The van der Waals surface area contributed by atoms with Gasteiger partial charge in [-0.1, -0.05) is 36.4 Å². The topological polar surface area (TPSA) is 96.0 Å². The van der Waals surface area contributed by atoms with Crippen molar-refractivity contribution in [2.45, 2.75) is 29.2 Å². The molecule has 0 N–H and O–H groups in total. The van der Waals surface area contributed by atoms with Gasteiger partial charge in [-0.25, -0.2) is 0 Å². The number of halogens is 3. The van der Waals surface area contributed by atoms with Crippen LogP contribution in [0.25, 0.3) is 0 Å². The predicted octanol–water partition coefficient (Wildman–Crippen LogP) is 7.19. The monoisotopic (exact) mass is 770 g/mol. The Labute approximate surface area is 313 Å². The van der Waals surface area contributed by atoms with E-state index < -0.39 is 21.9 Å². The summed E-state index contributed by atoms with van der Waals surface area (Å²) in [6.07, 6.45) is -4.88. The molecular weight excluding hydrogens is 734 g/mol. The van der Waals surface area contributed by atoms with Crippen molar-refractivity contribution in [1.29, 1.82) is 0 Å². The molecule has 53 heavy (non-hydrogen) atoms. The first kappa shape index (κ1) is 37.9. The van der Waals surface area contributed by atoms with Gasteiger partial charge in [-0.05, 0) is 59.7 Å². The van der Waals surface area contributed by atoms with Crippen molar-refractivity contribution in [3.05, 3.63) is 107 Å². The number of rotatable bonds is 13. The van der Waals surface area contributed by atoms with Gasteiger partial charge in [0.2, 0.25) is 11.8 Å². The molecule has 2 aliphatic heterocycles. The summed E-state index contributed by atoms with van der Waals surface area (Å²) in [7, 11) is 7.63. The second kappa shape index (κ2) is 15.2. The standard InChI is InChI=1S/C38H37F3N2O8S2/c1-46-26-16-12-24(13-17-26)20-42-32(44)22-52-36(42,34-28(47-2)8-6-9-29(34)48-3)37(35-30(49-4)10-7-11-31(35)50-5)43(33(45)23-53-37)21-25-14-18-27(19-15-25)51-38(39,40)41/h6-19H,20-23H2,1-5H3. The average molecular weight is 771 g/mol. The van der Waals surface area contributed by atoms with Gasteiger partial charge in [0.1, 0.15) is 34.5 Å². The third-order valence-electron chi connectivity index (χ3n) is 9.16. The van der Waals surface area contributed by atoms with Gasteiger partial charge in [-0.15, -0.1) is 36.7 Å². The molecule has 0 spiro atoms. The van der Waals surface area contributed by atoms with E-state index in [0.29, 0.717) is 45.4 Å². The Balaban J connectivity index is 1.69. The molecule has 2 unspecified atom stereocenters. The molecule has 0 saturated carbocycles. The summed E-state index contributed by atoms with van der Waals surface area (Å²) in [5, 5.41) is 0. The molecule has 4 aromatic rings. The van der Waals surface area contributed by atoms with Crippen molar-refractivity contribution < 1.29 is 51.2 Å². The van der Waals surface area contributed by atoms with E-state index in [9.17, 15) is 22.8 Å². The first-order valence-electron chi connectivity index (χ1n) is 16.3. The van der Waals surface area contributed by atoms with E-state index in [4.69, 9.17) is 23.7 Å². The Bertz CT molecular complexity index is 1920. The van der Waals surface area contributed by atoms with E-state index in [0.717, 1.165) is 5.56 Å². The van der Waals surface area contributed by atoms with Crippen molar-refractivity contribution in [2.24, 2.45) is 0 Å². The van der Waals surface area contributed by atoms with E-state index in [-0.39, 0.29) is 36.4 Å². The van der Waals surface area contributed by atoms with Gasteiger partial charge in [0.15, 0.2) is 9.74 Å². The summed E-state index contributed by atoms with van der Waals surface area (Å²) < 4.78 is 72.8. The number of carbonyl (C=O) groups excluding carboxylic acids is 2. The van der Waals surface area contributed by atoms with Crippen molar-refractivity contribution in [3.8, 4) is 34.5 Å². The fraction of sp³-hybridized carbons (Fsp3) is 0.316. The molecule has 6 rings (SSSR count). The number of nitrogens with zero attached hydrogens (tertiary/aromatic N) is 2. The maximum absolute atomic E-state index is 14.5. The van der Waals surface area contributed by atoms with Crippen LogP contribution >= 0.6 is 23.5 Å². The molecule has 15 heteroatoms. The van der Waals surface area contributed by atoms with Gasteiger partial charge in [0, 0.05) is 13.1 Å². The summed E-state index contributed by atoms with van der Waals surface area (Å²) in [6.45, 7) is 0.0198. The highest BCUT2D eigenvalue weighted by Gasteiger charge is 2.71. The Hall–Kier alpha value is -4.89. The highest BCUT2D eigenvalue weighted by atomic mass is 32.2. The lowest BCUT2D eigenvalue weighted by Crippen LogP contribution is -2.61. The van der Waals surface area contributed by atoms with Gasteiger partial charge < -0.3 is 38.2 Å². The molecule has 10 nitrogen and oxygen atoms in total. The molecule has 0 aliphatic carbocycles. The highest BCUT2D eigenvalue weighted by Crippen LogP contribution is 2.70. The zero-order valence-electron chi connectivity index (χ0n) is 29.5. The second-order valence-electron chi connectivity index (χ2n) is 11.9. The van der Waals surface area contributed by atoms with Crippen LogP contribution in [-0.2, 0) is 32.4 Å². The first-order chi connectivity index (χ1) is 25.5. The number of benzene rings is 4. The second-order valence-corrected chi connectivity index (χ2v) is 14.3. The molecular formula is C38H37F3N2O8S2. The molecule has 2 fully saturated rings. The van der Waals surface area contributed by atoms with E-state index in [1.165, 1.54) is 76.2 Å². The molecule has 2 aliphatic rings. The number of alkyl halides is 3. The van der Waals surface area contributed by atoms with Gasteiger partial charge in [-0.2, -0.15) is 0 Å². The first-order valence-corrected chi connectivity index (χ1v) is 18.2. The van der Waals surface area contributed by atoms with Gasteiger partial charge in [0.05, 0.1) is 58.2 Å². The van der Waals surface area contributed by atoms with Gasteiger partial charge >= 0.3 is 6.36 Å². The van der Waals surface area contributed by atoms with Crippen molar-refractivity contribution in [2.75, 3.05) is 47.1 Å². The zero-order valence-corrected chi connectivity index (χ0v) is 31.2. The Kier molecular flexibility index (Phi) is 10.9. The number of methoxy groups -OCH3 is 5. The normalized spacial score (nSPS) is 20.1. The molecule has 280 valence electrons. The fourth-order valence-corrected chi connectivity index (χ4v) is 10.5. The SMILES string of the molecule is COc1ccc(CN2C(=O)CSC2(c2c(OC)cccc2OC)C2(c3c(OC)cccc3OC)SCC(=O)N2Cc2ccc(OC(F)(F)F)cc2)cc1. The Morgan fingerprint density at radius 3 is 1.25 bits per heavy atom. The predicted molar refractivity (Wildman–Crippen MR) is 195 cm³/mol. The van der Waals surface area contributed by atoms with Crippen LogP contribution in [0.15, 0.2) is 84.9 Å². The van der Waals surface area contributed by atoms with E-state index in [1.807, 2.05) is 12.1 Å². The third-order valence-corrected chi connectivity index (χ3v) is 12.3. The molecule has 0 bridgehead atoms. The van der Waals surface area contributed by atoms with E-state index >= 15 is 0 Å². The number of thioether (sulfide) groups is 2. The van der Waals surface area contributed by atoms with Gasteiger partial charge in [-0.3, -0.25) is 9.59 Å². The number of hydrogen-bond acceptors (Lipinski definition) is 10. The Morgan fingerprint density at radius 1 is 0.566 bits per heavy atom. The lowest BCUT2D eigenvalue weighted by molar-refractivity contribution is -0.274. The molecule has 2 saturated heterocycles. The summed E-state index contributed by atoms with van der Waals surface area (Å²) in [4.78, 5) is 29.4. The minimum Gasteiger partial charge on any atom is -0.497 e. The molecule has 0 aromatic heterocycles. The average Bonchev–Trinajstić information content (AvgIpc) is 3.67. The summed E-state index contributed by atoms with van der Waals surface area (Å²) >= 11 is 2.62. The fourth-order valence-electron chi connectivity index (χ4n) is 6.97. The number of ether oxygens (including phenoxy) is 6. The molecule has 4 aromatic carbocycles. The zero-order chi connectivity index (χ0) is 38.0. The maximum Gasteiger partial charge on any atom is 0.573 e. The molecule has 2 amide bonds. The van der Waals surface area contributed by atoms with Gasteiger partial charge in [0.25, 0.3) is 0 Å². The number of carbonyl (C=O) groups is 2. The van der Waals surface area contributed by atoms with Crippen LogP contribution in [0.2, 0.25) is 0 Å². The minimum absolute atomic E-state index is 0.0165. The van der Waals surface area contributed by atoms with Crippen LogP contribution in [-0.4, -0.2) is 75.0 Å². The van der Waals surface area contributed by atoms with Crippen LogP contribution in [0.1, 0.15) is 22.3 Å². The van der Waals surface area contributed by atoms with Crippen LogP contribution in [0, 0.1) is 0 Å². The maximum atomic E-state index is 14.5. The smallest absolute Gasteiger partial charge is 0.497 e. The van der Waals surface area contributed by atoms with Crippen LogP contribution in [0.3, 0.4) is 0 Å².